The summed E-state index contributed by atoms with van der Waals surface area (Å²) in [5.41, 5.74) is 0. The van der Waals surface area contributed by atoms with Crippen molar-refractivity contribution in [2.75, 3.05) is 19.8 Å². The number of carbonyl (C=O) groups excluding carboxylic acids is 3. The fourth-order valence-electron chi connectivity index (χ4n) is 1.84. The van der Waals surface area contributed by atoms with E-state index in [-0.39, 0.29) is 12.6 Å². The van der Waals surface area contributed by atoms with E-state index >= 15 is 0 Å². The van der Waals surface area contributed by atoms with E-state index in [0.29, 0.717) is 38.9 Å². The van der Waals surface area contributed by atoms with Gasteiger partial charge in [-0.3, -0.25) is 4.79 Å². The van der Waals surface area contributed by atoms with Crippen LogP contribution in [0, 0.1) is 0 Å². The first kappa shape index (κ1) is 21.2. The van der Waals surface area contributed by atoms with Gasteiger partial charge in [-0.25, -0.2) is 9.59 Å². The molecule has 1 amide bonds. The lowest BCUT2D eigenvalue weighted by atomic mass is 10.1. The summed E-state index contributed by atoms with van der Waals surface area (Å²) in [5.74, 6) is -0.747. The summed E-state index contributed by atoms with van der Waals surface area (Å²) in [6, 6.07) is -0.758. The van der Waals surface area contributed by atoms with Crippen LogP contribution in [0.2, 0.25) is 0 Å². The lowest BCUT2D eigenvalue weighted by Gasteiger charge is -2.17. The molecule has 0 bridgehead atoms. The first-order valence-corrected chi connectivity index (χ1v) is 8.30. The van der Waals surface area contributed by atoms with E-state index in [1.165, 1.54) is 0 Å². The molecule has 1 unspecified atom stereocenters. The lowest BCUT2D eigenvalue weighted by Crippen LogP contribution is -2.42. The van der Waals surface area contributed by atoms with Crippen molar-refractivity contribution in [1.82, 2.24) is 5.32 Å². The van der Waals surface area contributed by atoms with Gasteiger partial charge in [-0.15, -0.1) is 0 Å². The molecule has 1 atom stereocenters. The second kappa shape index (κ2) is 13.8. The van der Waals surface area contributed by atoms with Crippen LogP contribution >= 0.6 is 0 Å². The molecule has 0 fully saturated rings. The molecule has 0 aliphatic rings. The van der Waals surface area contributed by atoms with Crippen molar-refractivity contribution in [3.63, 3.8) is 0 Å². The number of esters is 2. The first-order chi connectivity index (χ1) is 11.0. The van der Waals surface area contributed by atoms with Crippen molar-refractivity contribution in [2.45, 2.75) is 65.3 Å². The number of rotatable bonds is 12. The Bertz CT molecular complexity index is 358. The van der Waals surface area contributed by atoms with Gasteiger partial charge in [0, 0.05) is 6.42 Å². The fraction of sp³-hybridized carbons (Fsp3) is 0.812. The number of hydrogen-bond donors (Lipinski definition) is 1. The Morgan fingerprint density at radius 3 is 2.22 bits per heavy atom. The van der Waals surface area contributed by atoms with Crippen LogP contribution in [-0.2, 0) is 23.8 Å². The van der Waals surface area contributed by atoms with Crippen LogP contribution in [0.1, 0.15) is 59.3 Å². The summed E-state index contributed by atoms with van der Waals surface area (Å²) < 4.78 is 14.8. The van der Waals surface area contributed by atoms with Gasteiger partial charge in [0.15, 0.2) is 0 Å². The summed E-state index contributed by atoms with van der Waals surface area (Å²) in [7, 11) is 0. The average molecular weight is 331 g/mol. The minimum Gasteiger partial charge on any atom is -0.466 e. The summed E-state index contributed by atoms with van der Waals surface area (Å²) >= 11 is 0. The number of unbranched alkanes of at least 4 members (excludes halogenated alkanes) is 2. The molecule has 0 radical (unpaired) electrons. The van der Waals surface area contributed by atoms with Crippen molar-refractivity contribution in [3.8, 4) is 0 Å². The Morgan fingerprint density at radius 1 is 0.913 bits per heavy atom. The number of hydrogen-bond acceptors (Lipinski definition) is 6. The maximum atomic E-state index is 11.9. The van der Waals surface area contributed by atoms with Crippen LogP contribution < -0.4 is 5.32 Å². The maximum absolute atomic E-state index is 11.9. The third kappa shape index (κ3) is 11.4. The molecule has 0 rings (SSSR count). The highest BCUT2D eigenvalue weighted by Gasteiger charge is 2.22. The third-order valence-corrected chi connectivity index (χ3v) is 3.02. The molecule has 0 heterocycles. The highest BCUT2D eigenvalue weighted by atomic mass is 16.6. The molecule has 0 aromatic heterocycles. The van der Waals surface area contributed by atoms with Crippen molar-refractivity contribution < 1.29 is 28.6 Å². The molecule has 0 saturated carbocycles. The summed E-state index contributed by atoms with van der Waals surface area (Å²) in [6.07, 6.45) is 2.94. The predicted molar refractivity (Wildman–Crippen MR) is 84.9 cm³/mol. The van der Waals surface area contributed by atoms with Crippen LogP contribution in [0.3, 0.4) is 0 Å². The molecule has 0 aliphatic carbocycles. The van der Waals surface area contributed by atoms with Gasteiger partial charge in [0.05, 0.1) is 19.8 Å². The number of amides is 1. The van der Waals surface area contributed by atoms with Crippen LogP contribution in [0.5, 0.6) is 0 Å². The van der Waals surface area contributed by atoms with E-state index in [1.54, 1.807) is 13.8 Å². The van der Waals surface area contributed by atoms with E-state index in [1.807, 2.05) is 6.92 Å². The lowest BCUT2D eigenvalue weighted by molar-refractivity contribution is -0.145. The van der Waals surface area contributed by atoms with Crippen molar-refractivity contribution in [1.29, 1.82) is 0 Å². The fourth-order valence-corrected chi connectivity index (χ4v) is 1.84. The monoisotopic (exact) mass is 331 g/mol. The quantitative estimate of drug-likeness (QED) is 0.336. The topological polar surface area (TPSA) is 90.9 Å². The third-order valence-electron chi connectivity index (χ3n) is 3.02. The SMILES string of the molecule is CCCCOC(=O)NC(CCCCC(=O)OCC)C(=O)OCC. The van der Waals surface area contributed by atoms with E-state index in [2.05, 4.69) is 5.32 Å². The predicted octanol–water partition coefficient (Wildman–Crippen LogP) is 2.57. The molecule has 7 nitrogen and oxygen atoms in total. The van der Waals surface area contributed by atoms with Gasteiger partial charge in [0.2, 0.25) is 0 Å². The smallest absolute Gasteiger partial charge is 0.407 e. The number of nitrogens with one attached hydrogen (secondary N) is 1. The molecule has 0 aromatic carbocycles. The Balaban J connectivity index is 4.21. The molecule has 7 heteroatoms. The van der Waals surface area contributed by atoms with Gasteiger partial charge in [0.25, 0.3) is 0 Å². The first-order valence-electron chi connectivity index (χ1n) is 8.30. The molecule has 134 valence electrons. The van der Waals surface area contributed by atoms with E-state index in [4.69, 9.17) is 14.2 Å². The van der Waals surface area contributed by atoms with Gasteiger partial charge >= 0.3 is 18.0 Å². The average Bonchev–Trinajstić information content (AvgIpc) is 2.51. The summed E-state index contributed by atoms with van der Waals surface area (Å²) in [4.78, 5) is 34.7. The Morgan fingerprint density at radius 2 is 1.61 bits per heavy atom. The van der Waals surface area contributed by atoms with Crippen molar-refractivity contribution >= 4 is 18.0 Å². The Hall–Kier alpha value is -1.79. The van der Waals surface area contributed by atoms with E-state index in [0.717, 1.165) is 12.8 Å². The van der Waals surface area contributed by atoms with Gasteiger partial charge in [-0.05, 0) is 33.1 Å². The zero-order valence-corrected chi connectivity index (χ0v) is 14.4. The minimum atomic E-state index is -0.758. The molecular weight excluding hydrogens is 302 g/mol. The Kier molecular flexibility index (Phi) is 12.8. The summed E-state index contributed by atoms with van der Waals surface area (Å²) in [5, 5.41) is 2.52. The molecule has 0 aliphatic heterocycles. The Labute approximate surface area is 138 Å². The standard InChI is InChI=1S/C16H29NO6/c1-4-7-12-23-16(20)17-13(15(19)22-6-3)10-8-9-11-14(18)21-5-2/h13H,4-12H2,1-3H3,(H,17,20). The number of alkyl carbamates (subject to hydrolysis) is 1. The molecule has 23 heavy (non-hydrogen) atoms. The van der Waals surface area contributed by atoms with E-state index < -0.39 is 18.1 Å². The molecule has 0 aromatic rings. The van der Waals surface area contributed by atoms with Gasteiger partial charge < -0.3 is 19.5 Å². The van der Waals surface area contributed by atoms with Crippen LogP contribution in [0.25, 0.3) is 0 Å². The maximum Gasteiger partial charge on any atom is 0.407 e. The molecule has 0 spiro atoms. The second-order valence-corrected chi connectivity index (χ2v) is 4.99. The highest BCUT2D eigenvalue weighted by Crippen LogP contribution is 2.07. The van der Waals surface area contributed by atoms with Crippen LogP contribution in [0.15, 0.2) is 0 Å². The molecular formula is C16H29NO6. The second-order valence-electron chi connectivity index (χ2n) is 4.99. The van der Waals surface area contributed by atoms with Crippen LogP contribution in [0.4, 0.5) is 4.79 Å². The van der Waals surface area contributed by atoms with E-state index in [9.17, 15) is 14.4 Å². The van der Waals surface area contributed by atoms with Gasteiger partial charge in [-0.2, -0.15) is 0 Å². The zero-order valence-electron chi connectivity index (χ0n) is 14.4. The summed E-state index contributed by atoms with van der Waals surface area (Å²) in [6.45, 7) is 6.37. The van der Waals surface area contributed by atoms with Crippen LogP contribution in [-0.4, -0.2) is 43.9 Å². The highest BCUT2D eigenvalue weighted by molar-refractivity contribution is 5.81. The van der Waals surface area contributed by atoms with Crippen molar-refractivity contribution in [3.05, 3.63) is 0 Å². The molecule has 0 saturated heterocycles. The number of carbonyl (C=O) groups is 3. The largest absolute Gasteiger partial charge is 0.466 e. The van der Waals surface area contributed by atoms with Gasteiger partial charge in [0.1, 0.15) is 6.04 Å². The van der Waals surface area contributed by atoms with Gasteiger partial charge in [-0.1, -0.05) is 19.8 Å². The molecule has 1 N–H and O–H groups in total. The van der Waals surface area contributed by atoms with Crippen molar-refractivity contribution in [2.24, 2.45) is 0 Å². The number of ether oxygens (including phenoxy) is 3. The normalized spacial score (nSPS) is 11.4. The zero-order chi connectivity index (χ0) is 17.5. The minimum absolute atomic E-state index is 0.241.